The van der Waals surface area contributed by atoms with Crippen LogP contribution in [0.15, 0.2) is 18.2 Å². The van der Waals surface area contributed by atoms with Crippen LogP contribution in [0, 0.1) is 23.5 Å². The Balaban J connectivity index is 1.72. The molecule has 1 aromatic carbocycles. The summed E-state index contributed by atoms with van der Waals surface area (Å²) in [5, 5.41) is 11.7. The number of nitrogens with one attached hydrogen (secondary N) is 1. The van der Waals surface area contributed by atoms with Crippen molar-refractivity contribution in [3.05, 3.63) is 29.8 Å². The topological polar surface area (TPSA) is 75.6 Å². The lowest BCUT2D eigenvalue weighted by Crippen LogP contribution is -2.37. The molecule has 0 aromatic heterocycles. The van der Waals surface area contributed by atoms with Gasteiger partial charge in [-0.15, -0.1) is 0 Å². The number of amides is 1. The van der Waals surface area contributed by atoms with Gasteiger partial charge in [0, 0.05) is 12.0 Å². The van der Waals surface area contributed by atoms with Crippen molar-refractivity contribution in [3.63, 3.8) is 0 Å². The maximum absolute atomic E-state index is 13.0. The summed E-state index contributed by atoms with van der Waals surface area (Å²) in [6.07, 6.45) is 2.36. The van der Waals surface area contributed by atoms with Crippen molar-refractivity contribution in [2.75, 3.05) is 13.2 Å². The zero-order valence-corrected chi connectivity index (χ0v) is 12.6. The molecule has 1 saturated carbocycles. The molecule has 0 bridgehead atoms. The molecule has 2 rings (SSSR count). The minimum Gasteiger partial charge on any atom is -0.492 e. The van der Waals surface area contributed by atoms with Gasteiger partial charge in [-0.3, -0.25) is 9.59 Å². The third-order valence-electron chi connectivity index (χ3n) is 3.96. The van der Waals surface area contributed by atoms with E-state index in [1.807, 2.05) is 0 Å². The van der Waals surface area contributed by atoms with Crippen LogP contribution >= 0.6 is 0 Å². The Labute approximate surface area is 132 Å². The average Bonchev–Trinajstić information content (AvgIpc) is 2.54. The maximum Gasteiger partial charge on any atom is 0.306 e. The molecule has 0 radical (unpaired) electrons. The van der Waals surface area contributed by atoms with E-state index in [1.54, 1.807) is 0 Å². The number of carbonyl (C=O) groups excluding carboxylic acids is 1. The van der Waals surface area contributed by atoms with Crippen LogP contribution in [0.1, 0.15) is 25.7 Å². The number of carboxylic acids is 1. The molecule has 2 N–H and O–H groups in total. The number of hydrogen-bond donors (Lipinski definition) is 2. The molecular weight excluding hydrogens is 308 g/mol. The second-order valence-corrected chi connectivity index (χ2v) is 5.61. The quantitative estimate of drug-likeness (QED) is 0.787. The van der Waals surface area contributed by atoms with Gasteiger partial charge in [-0.05, 0) is 31.4 Å². The van der Waals surface area contributed by atoms with E-state index in [2.05, 4.69) is 5.32 Å². The smallest absolute Gasteiger partial charge is 0.306 e. The van der Waals surface area contributed by atoms with E-state index in [0.29, 0.717) is 19.3 Å². The molecule has 1 aromatic rings. The second kappa shape index (κ2) is 7.89. The van der Waals surface area contributed by atoms with E-state index in [-0.39, 0.29) is 30.7 Å². The summed E-state index contributed by atoms with van der Waals surface area (Å²) >= 11 is 0. The lowest BCUT2D eigenvalue weighted by molar-refractivity contribution is -0.144. The zero-order chi connectivity index (χ0) is 16.8. The molecule has 23 heavy (non-hydrogen) atoms. The Hall–Kier alpha value is -2.18. The zero-order valence-electron chi connectivity index (χ0n) is 12.6. The standard InChI is InChI=1S/C16H19F2NO4/c17-13-5-4-12(9-14(13)18)23-7-6-19-15(20)10-2-1-3-11(8-10)16(21)22/h4-5,9-11H,1-3,6-8H2,(H,19,20)(H,21,22)/t10-,11-/m0/s1. The van der Waals surface area contributed by atoms with E-state index < -0.39 is 23.5 Å². The SMILES string of the molecule is O=C(O)[C@H]1CCC[C@H](C(=O)NCCOc2ccc(F)c(F)c2)C1. The first-order valence-corrected chi connectivity index (χ1v) is 7.55. The van der Waals surface area contributed by atoms with Gasteiger partial charge in [0.05, 0.1) is 12.5 Å². The number of ether oxygens (including phenoxy) is 1. The molecule has 1 aliphatic carbocycles. The minimum absolute atomic E-state index is 0.117. The largest absolute Gasteiger partial charge is 0.492 e. The fraction of sp³-hybridized carbons (Fsp3) is 0.500. The van der Waals surface area contributed by atoms with Crippen molar-refractivity contribution in [3.8, 4) is 5.75 Å². The van der Waals surface area contributed by atoms with Crippen molar-refractivity contribution in [1.82, 2.24) is 5.32 Å². The van der Waals surface area contributed by atoms with Crippen LogP contribution in [0.3, 0.4) is 0 Å². The first kappa shape index (κ1) is 17.2. The van der Waals surface area contributed by atoms with Crippen LogP contribution in [-0.2, 0) is 9.59 Å². The van der Waals surface area contributed by atoms with E-state index in [1.165, 1.54) is 6.07 Å². The van der Waals surface area contributed by atoms with Crippen molar-refractivity contribution in [2.24, 2.45) is 11.8 Å². The van der Waals surface area contributed by atoms with Gasteiger partial charge in [0.15, 0.2) is 11.6 Å². The van der Waals surface area contributed by atoms with Crippen molar-refractivity contribution in [1.29, 1.82) is 0 Å². The Bertz CT molecular complexity index is 579. The van der Waals surface area contributed by atoms with Crippen LogP contribution in [-0.4, -0.2) is 30.1 Å². The predicted molar refractivity (Wildman–Crippen MR) is 77.9 cm³/mol. The molecule has 7 heteroatoms. The molecule has 0 unspecified atom stereocenters. The average molecular weight is 327 g/mol. The highest BCUT2D eigenvalue weighted by molar-refractivity contribution is 5.80. The number of carboxylic acid groups (broad SMARTS) is 1. The predicted octanol–water partition coefficient (Wildman–Crippen LogP) is 2.35. The molecule has 1 aliphatic rings. The number of aliphatic carboxylic acids is 1. The molecular formula is C16H19F2NO4. The van der Waals surface area contributed by atoms with E-state index in [9.17, 15) is 18.4 Å². The number of rotatable bonds is 6. The van der Waals surface area contributed by atoms with Gasteiger partial charge in [0.25, 0.3) is 0 Å². The van der Waals surface area contributed by atoms with Gasteiger partial charge in [-0.2, -0.15) is 0 Å². The Kier molecular flexibility index (Phi) is 5.90. The number of halogens is 2. The van der Waals surface area contributed by atoms with Crippen LogP contribution in [0.5, 0.6) is 5.75 Å². The molecule has 1 amide bonds. The first-order valence-electron chi connectivity index (χ1n) is 7.55. The molecule has 5 nitrogen and oxygen atoms in total. The maximum atomic E-state index is 13.0. The summed E-state index contributed by atoms with van der Waals surface area (Å²) < 4.78 is 31.0. The van der Waals surface area contributed by atoms with Gasteiger partial charge in [0.1, 0.15) is 12.4 Å². The fourth-order valence-corrected chi connectivity index (χ4v) is 2.71. The first-order chi connectivity index (χ1) is 11.0. The molecule has 0 aliphatic heterocycles. The number of carbonyl (C=O) groups is 2. The summed E-state index contributed by atoms with van der Waals surface area (Å²) in [5.41, 5.74) is 0. The highest BCUT2D eigenvalue weighted by atomic mass is 19.2. The van der Waals surface area contributed by atoms with Gasteiger partial charge < -0.3 is 15.2 Å². The summed E-state index contributed by atoms with van der Waals surface area (Å²) in [7, 11) is 0. The van der Waals surface area contributed by atoms with Gasteiger partial charge in [-0.25, -0.2) is 8.78 Å². The Morgan fingerprint density at radius 1 is 1.22 bits per heavy atom. The number of hydrogen-bond acceptors (Lipinski definition) is 3. The van der Waals surface area contributed by atoms with Crippen molar-refractivity contribution in [2.45, 2.75) is 25.7 Å². The number of benzene rings is 1. The normalized spacial score (nSPS) is 20.8. The second-order valence-electron chi connectivity index (χ2n) is 5.61. The van der Waals surface area contributed by atoms with Crippen LogP contribution in [0.25, 0.3) is 0 Å². The molecule has 1 fully saturated rings. The van der Waals surface area contributed by atoms with Gasteiger partial charge in [-0.1, -0.05) is 6.42 Å². The molecule has 126 valence electrons. The Morgan fingerprint density at radius 2 is 1.96 bits per heavy atom. The third kappa shape index (κ3) is 4.91. The minimum atomic E-state index is -0.992. The van der Waals surface area contributed by atoms with E-state index in [0.717, 1.165) is 18.6 Å². The molecule has 0 heterocycles. The van der Waals surface area contributed by atoms with E-state index in [4.69, 9.17) is 9.84 Å². The van der Waals surface area contributed by atoms with Gasteiger partial charge >= 0.3 is 5.97 Å². The van der Waals surface area contributed by atoms with Crippen molar-refractivity contribution >= 4 is 11.9 Å². The van der Waals surface area contributed by atoms with Crippen LogP contribution < -0.4 is 10.1 Å². The molecule has 0 saturated heterocycles. The summed E-state index contributed by atoms with van der Waals surface area (Å²) in [6.45, 7) is 0.331. The molecule has 0 spiro atoms. The van der Waals surface area contributed by atoms with Crippen LogP contribution in [0.4, 0.5) is 8.78 Å². The van der Waals surface area contributed by atoms with E-state index >= 15 is 0 Å². The van der Waals surface area contributed by atoms with Crippen molar-refractivity contribution < 1.29 is 28.2 Å². The highest BCUT2D eigenvalue weighted by Crippen LogP contribution is 2.29. The monoisotopic (exact) mass is 327 g/mol. The fourth-order valence-electron chi connectivity index (χ4n) is 2.71. The lowest BCUT2D eigenvalue weighted by atomic mass is 9.81. The third-order valence-corrected chi connectivity index (χ3v) is 3.96. The summed E-state index contributed by atoms with van der Waals surface area (Å²) in [6, 6.07) is 3.21. The highest BCUT2D eigenvalue weighted by Gasteiger charge is 2.30. The van der Waals surface area contributed by atoms with Crippen LogP contribution in [0.2, 0.25) is 0 Å². The molecule has 2 atom stereocenters. The van der Waals surface area contributed by atoms with Gasteiger partial charge in [0.2, 0.25) is 5.91 Å². The summed E-state index contributed by atoms with van der Waals surface area (Å²) in [4.78, 5) is 23.0. The lowest BCUT2D eigenvalue weighted by Gasteiger charge is -2.25. The Morgan fingerprint density at radius 3 is 2.65 bits per heavy atom. The summed E-state index contributed by atoms with van der Waals surface area (Å²) in [5.74, 6) is -3.56.